The molecule has 0 bridgehead atoms. The number of carbonyl (C=O) groups excluding carboxylic acids is 1. The van der Waals surface area contributed by atoms with E-state index in [4.69, 9.17) is 0 Å². The third kappa shape index (κ3) is 4.34. The van der Waals surface area contributed by atoms with Crippen LogP contribution in [0.25, 0.3) is 0 Å². The van der Waals surface area contributed by atoms with E-state index in [9.17, 15) is 4.79 Å². The third-order valence-corrected chi connectivity index (χ3v) is 5.05. The van der Waals surface area contributed by atoms with Crippen molar-refractivity contribution in [2.45, 2.75) is 26.2 Å². The molecule has 1 N–H and O–H groups in total. The first-order valence-corrected chi connectivity index (χ1v) is 9.22. The molecule has 1 aromatic carbocycles. The summed E-state index contributed by atoms with van der Waals surface area (Å²) >= 11 is 0. The fourth-order valence-electron chi connectivity index (χ4n) is 3.19. The number of aryl methyl sites for hydroxylation is 1. The molecule has 2 aromatic rings. The van der Waals surface area contributed by atoms with Crippen molar-refractivity contribution in [1.29, 1.82) is 0 Å². The van der Waals surface area contributed by atoms with Crippen LogP contribution in [0.1, 0.15) is 25.0 Å². The van der Waals surface area contributed by atoms with Crippen LogP contribution in [0.15, 0.2) is 48.7 Å². The second-order valence-electron chi connectivity index (χ2n) is 7.57. The van der Waals surface area contributed by atoms with Gasteiger partial charge in [0.2, 0.25) is 0 Å². The molecular formula is C21H28N4O. The van der Waals surface area contributed by atoms with Crippen LogP contribution < -0.4 is 10.2 Å². The highest BCUT2D eigenvalue weighted by Crippen LogP contribution is 2.22. The minimum absolute atomic E-state index is 0.0193. The minimum Gasteiger partial charge on any atom is -0.353 e. The molecule has 3 rings (SSSR count). The standard InChI is InChI=1S/C21H28N4O/c1-17-7-9-18(10-8-17)21(2,3)16-23-20(26)25-14-12-24(13-15-25)19-6-4-5-11-22-19/h4-11H,12-16H2,1-3H3,(H,23,26). The van der Waals surface area contributed by atoms with Crippen molar-refractivity contribution in [3.8, 4) is 0 Å². The molecule has 0 saturated carbocycles. The molecule has 0 aliphatic carbocycles. The average molecular weight is 352 g/mol. The fourth-order valence-corrected chi connectivity index (χ4v) is 3.19. The number of amides is 2. The van der Waals surface area contributed by atoms with E-state index in [0.29, 0.717) is 19.6 Å². The number of urea groups is 1. The van der Waals surface area contributed by atoms with E-state index >= 15 is 0 Å². The zero-order chi connectivity index (χ0) is 18.6. The molecule has 1 aliphatic heterocycles. The summed E-state index contributed by atoms with van der Waals surface area (Å²) in [7, 11) is 0. The topological polar surface area (TPSA) is 48.5 Å². The Balaban J connectivity index is 1.50. The van der Waals surface area contributed by atoms with Crippen LogP contribution in [-0.4, -0.2) is 48.6 Å². The van der Waals surface area contributed by atoms with Crippen molar-refractivity contribution < 1.29 is 4.79 Å². The Morgan fingerprint density at radius 1 is 1.08 bits per heavy atom. The Bertz CT molecular complexity index is 719. The van der Waals surface area contributed by atoms with Gasteiger partial charge in [0.25, 0.3) is 0 Å². The van der Waals surface area contributed by atoms with Gasteiger partial charge >= 0.3 is 6.03 Å². The quantitative estimate of drug-likeness (QED) is 0.919. The number of benzene rings is 1. The van der Waals surface area contributed by atoms with Gasteiger partial charge < -0.3 is 15.1 Å². The number of rotatable bonds is 4. The van der Waals surface area contributed by atoms with Gasteiger partial charge in [0.1, 0.15) is 5.82 Å². The molecule has 1 aliphatic rings. The van der Waals surface area contributed by atoms with E-state index < -0.39 is 0 Å². The Morgan fingerprint density at radius 3 is 2.38 bits per heavy atom. The molecule has 26 heavy (non-hydrogen) atoms. The van der Waals surface area contributed by atoms with Crippen molar-refractivity contribution in [2.24, 2.45) is 0 Å². The second-order valence-corrected chi connectivity index (χ2v) is 7.57. The number of anilines is 1. The normalized spacial score (nSPS) is 15.0. The van der Waals surface area contributed by atoms with Crippen LogP contribution in [-0.2, 0) is 5.41 Å². The molecule has 1 saturated heterocycles. The number of carbonyl (C=O) groups is 1. The number of piperazine rings is 1. The number of aromatic nitrogens is 1. The highest BCUT2D eigenvalue weighted by molar-refractivity contribution is 5.74. The largest absolute Gasteiger partial charge is 0.353 e. The number of hydrogen-bond donors (Lipinski definition) is 1. The second kappa shape index (κ2) is 7.77. The van der Waals surface area contributed by atoms with E-state index in [0.717, 1.165) is 18.9 Å². The van der Waals surface area contributed by atoms with Crippen molar-refractivity contribution in [2.75, 3.05) is 37.6 Å². The molecule has 0 unspecified atom stereocenters. The molecule has 0 spiro atoms. The predicted octanol–water partition coefficient (Wildman–Crippen LogP) is 3.20. The van der Waals surface area contributed by atoms with Crippen LogP contribution >= 0.6 is 0 Å². The van der Waals surface area contributed by atoms with Crippen LogP contribution in [0.3, 0.4) is 0 Å². The fraction of sp³-hybridized carbons (Fsp3) is 0.429. The molecule has 1 fully saturated rings. The molecule has 0 atom stereocenters. The van der Waals surface area contributed by atoms with Crippen LogP contribution in [0.5, 0.6) is 0 Å². The van der Waals surface area contributed by atoms with E-state index in [1.54, 1.807) is 0 Å². The smallest absolute Gasteiger partial charge is 0.317 e. The summed E-state index contributed by atoms with van der Waals surface area (Å²) in [5.74, 6) is 0.980. The van der Waals surface area contributed by atoms with Crippen molar-refractivity contribution in [1.82, 2.24) is 15.2 Å². The Hall–Kier alpha value is -2.56. The summed E-state index contributed by atoms with van der Waals surface area (Å²) in [6, 6.07) is 14.5. The maximum Gasteiger partial charge on any atom is 0.317 e. The first-order chi connectivity index (χ1) is 12.5. The summed E-state index contributed by atoms with van der Waals surface area (Å²) in [4.78, 5) is 21.1. The van der Waals surface area contributed by atoms with Gasteiger partial charge in [0.05, 0.1) is 0 Å². The zero-order valence-electron chi connectivity index (χ0n) is 15.9. The molecule has 5 nitrogen and oxygen atoms in total. The maximum absolute atomic E-state index is 12.6. The molecular weight excluding hydrogens is 324 g/mol. The Labute approximate surface area is 156 Å². The average Bonchev–Trinajstić information content (AvgIpc) is 2.67. The molecule has 5 heteroatoms. The summed E-state index contributed by atoms with van der Waals surface area (Å²) in [6.07, 6.45) is 1.81. The molecule has 138 valence electrons. The first-order valence-electron chi connectivity index (χ1n) is 9.22. The lowest BCUT2D eigenvalue weighted by Gasteiger charge is -2.36. The van der Waals surface area contributed by atoms with Crippen LogP contribution in [0, 0.1) is 6.92 Å². The van der Waals surface area contributed by atoms with Crippen molar-refractivity contribution in [3.63, 3.8) is 0 Å². The SMILES string of the molecule is Cc1ccc(C(C)(C)CNC(=O)N2CCN(c3ccccn3)CC2)cc1. The van der Waals surface area contributed by atoms with Gasteiger partial charge in [-0.3, -0.25) is 0 Å². The molecule has 2 amide bonds. The summed E-state index contributed by atoms with van der Waals surface area (Å²) in [5, 5.41) is 3.11. The lowest BCUT2D eigenvalue weighted by atomic mass is 9.84. The van der Waals surface area contributed by atoms with Gasteiger partial charge in [-0.1, -0.05) is 49.7 Å². The Kier molecular flexibility index (Phi) is 5.45. The zero-order valence-corrected chi connectivity index (χ0v) is 15.9. The molecule has 2 heterocycles. The van der Waals surface area contributed by atoms with Gasteiger partial charge in [-0.2, -0.15) is 0 Å². The number of nitrogens with one attached hydrogen (secondary N) is 1. The van der Waals surface area contributed by atoms with Crippen LogP contribution in [0.4, 0.5) is 10.6 Å². The first kappa shape index (κ1) is 18.2. The highest BCUT2D eigenvalue weighted by Gasteiger charge is 2.25. The molecule has 0 radical (unpaired) electrons. The van der Waals surface area contributed by atoms with Gasteiger partial charge in [0, 0.05) is 44.3 Å². The van der Waals surface area contributed by atoms with Crippen LogP contribution in [0.2, 0.25) is 0 Å². The van der Waals surface area contributed by atoms with E-state index in [1.165, 1.54) is 11.1 Å². The van der Waals surface area contributed by atoms with E-state index in [1.807, 2.05) is 29.3 Å². The summed E-state index contributed by atoms with van der Waals surface area (Å²) < 4.78 is 0. The van der Waals surface area contributed by atoms with Gasteiger partial charge in [0.15, 0.2) is 0 Å². The van der Waals surface area contributed by atoms with Gasteiger partial charge in [-0.05, 0) is 24.6 Å². The minimum atomic E-state index is -0.0981. The number of hydrogen-bond acceptors (Lipinski definition) is 3. The summed E-state index contributed by atoms with van der Waals surface area (Å²) in [5.41, 5.74) is 2.39. The number of pyridine rings is 1. The highest BCUT2D eigenvalue weighted by atomic mass is 16.2. The van der Waals surface area contributed by atoms with Gasteiger partial charge in [-0.25, -0.2) is 9.78 Å². The summed E-state index contributed by atoms with van der Waals surface area (Å²) in [6.45, 7) is 10.1. The molecule has 1 aromatic heterocycles. The lowest BCUT2D eigenvalue weighted by Crippen LogP contribution is -2.53. The number of nitrogens with zero attached hydrogens (tertiary/aromatic N) is 3. The maximum atomic E-state index is 12.6. The lowest BCUT2D eigenvalue weighted by molar-refractivity contribution is 0.192. The van der Waals surface area contributed by atoms with Crippen molar-refractivity contribution in [3.05, 3.63) is 59.8 Å². The Morgan fingerprint density at radius 2 is 1.77 bits per heavy atom. The van der Waals surface area contributed by atoms with Gasteiger partial charge in [-0.15, -0.1) is 0 Å². The van der Waals surface area contributed by atoms with E-state index in [-0.39, 0.29) is 11.4 Å². The monoisotopic (exact) mass is 352 g/mol. The van der Waals surface area contributed by atoms with E-state index in [2.05, 4.69) is 60.2 Å². The third-order valence-electron chi connectivity index (χ3n) is 5.05. The van der Waals surface area contributed by atoms with Crippen molar-refractivity contribution >= 4 is 11.8 Å². The predicted molar refractivity (Wildman–Crippen MR) is 106 cm³/mol.